The molecule has 0 saturated carbocycles. The zero-order chi connectivity index (χ0) is 17.8. The lowest BCUT2D eigenvalue weighted by Gasteiger charge is -2.12. The average Bonchev–Trinajstić information content (AvgIpc) is 2.88. The van der Waals surface area contributed by atoms with Crippen LogP contribution in [-0.4, -0.2) is 27.5 Å². The highest BCUT2D eigenvalue weighted by atomic mass is 35.5. The Kier molecular flexibility index (Phi) is 5.36. The summed E-state index contributed by atoms with van der Waals surface area (Å²) in [6.45, 7) is 6.13. The lowest BCUT2D eigenvalue weighted by molar-refractivity contribution is -0.121. The number of nitrogens with zero attached hydrogens (tertiary/aromatic N) is 3. The van der Waals surface area contributed by atoms with E-state index in [-0.39, 0.29) is 5.91 Å². The van der Waals surface area contributed by atoms with E-state index in [1.165, 1.54) is 18.0 Å². The Morgan fingerprint density at radius 2 is 2.16 bits per heavy atom. The van der Waals surface area contributed by atoms with Crippen LogP contribution in [0.25, 0.3) is 6.08 Å². The molecule has 0 spiro atoms. The van der Waals surface area contributed by atoms with Gasteiger partial charge in [-0.15, -0.1) is 6.58 Å². The predicted octanol–water partition coefficient (Wildman–Crippen LogP) is 4.83. The van der Waals surface area contributed by atoms with Crippen LogP contribution in [0.3, 0.4) is 0 Å². The molecule has 1 aromatic carbocycles. The van der Waals surface area contributed by atoms with Crippen molar-refractivity contribution in [1.29, 1.82) is 0 Å². The van der Waals surface area contributed by atoms with Crippen LogP contribution < -0.4 is 0 Å². The molecule has 2 aromatic rings. The molecule has 1 aromatic heterocycles. The van der Waals surface area contributed by atoms with Crippen molar-refractivity contribution >= 4 is 46.2 Å². The van der Waals surface area contributed by atoms with Crippen molar-refractivity contribution < 1.29 is 4.79 Å². The molecule has 4 nitrogen and oxygen atoms in total. The maximum Gasteiger partial charge on any atom is 0.267 e. The van der Waals surface area contributed by atoms with Gasteiger partial charge >= 0.3 is 0 Å². The molecule has 0 atom stereocenters. The van der Waals surface area contributed by atoms with Crippen LogP contribution in [0, 0.1) is 6.92 Å². The Hall–Kier alpha value is -2.37. The fraction of sp³-hybridized carbons (Fsp3) is 0.105. The quantitative estimate of drug-likeness (QED) is 0.572. The Balaban J connectivity index is 2.00. The number of halogens is 1. The molecule has 2 heterocycles. The van der Waals surface area contributed by atoms with Gasteiger partial charge in [-0.3, -0.25) is 14.7 Å². The highest BCUT2D eigenvalue weighted by Gasteiger charge is 2.32. The largest absolute Gasteiger partial charge is 0.283 e. The van der Waals surface area contributed by atoms with Crippen molar-refractivity contribution in [3.05, 3.63) is 76.4 Å². The maximum atomic E-state index is 12.8. The van der Waals surface area contributed by atoms with E-state index in [0.717, 1.165) is 11.1 Å². The maximum absolute atomic E-state index is 12.8. The first-order chi connectivity index (χ1) is 12.1. The van der Waals surface area contributed by atoms with Crippen LogP contribution in [0.1, 0.15) is 11.1 Å². The molecule has 0 bridgehead atoms. The van der Waals surface area contributed by atoms with Gasteiger partial charge in [-0.1, -0.05) is 41.9 Å². The zero-order valence-corrected chi connectivity index (χ0v) is 15.2. The number of aromatic nitrogens is 1. The molecule has 1 fully saturated rings. The number of aryl methyl sites for hydroxylation is 1. The second-order valence-electron chi connectivity index (χ2n) is 5.39. The first kappa shape index (κ1) is 17.5. The molecule has 6 heteroatoms. The fourth-order valence-electron chi connectivity index (χ4n) is 2.33. The lowest BCUT2D eigenvalue weighted by atomic mass is 10.1. The van der Waals surface area contributed by atoms with Crippen molar-refractivity contribution in [3.8, 4) is 0 Å². The van der Waals surface area contributed by atoms with Gasteiger partial charge in [0, 0.05) is 18.9 Å². The lowest BCUT2D eigenvalue weighted by Crippen LogP contribution is -2.29. The Morgan fingerprint density at radius 1 is 1.36 bits per heavy atom. The van der Waals surface area contributed by atoms with Gasteiger partial charge in [-0.2, -0.15) is 0 Å². The van der Waals surface area contributed by atoms with E-state index >= 15 is 0 Å². The molecular weight excluding hydrogens is 354 g/mol. The van der Waals surface area contributed by atoms with E-state index in [9.17, 15) is 4.79 Å². The molecular formula is C19H16ClN3OS. The summed E-state index contributed by atoms with van der Waals surface area (Å²) in [5.41, 5.74) is 2.71. The van der Waals surface area contributed by atoms with Crippen LogP contribution in [0.4, 0.5) is 5.69 Å². The van der Waals surface area contributed by atoms with Gasteiger partial charge in [0.2, 0.25) is 0 Å². The molecule has 126 valence electrons. The molecule has 1 aliphatic heterocycles. The normalized spacial score (nSPS) is 17.5. The number of amides is 1. The predicted molar refractivity (Wildman–Crippen MR) is 105 cm³/mol. The molecule has 0 N–H and O–H groups in total. The molecule has 1 saturated heterocycles. The summed E-state index contributed by atoms with van der Waals surface area (Å²) < 4.78 is 0. The highest BCUT2D eigenvalue weighted by molar-refractivity contribution is 8.18. The van der Waals surface area contributed by atoms with Crippen LogP contribution >= 0.6 is 23.4 Å². The smallest absolute Gasteiger partial charge is 0.267 e. The van der Waals surface area contributed by atoms with Crippen LogP contribution in [-0.2, 0) is 4.79 Å². The number of amidine groups is 1. The topological polar surface area (TPSA) is 45.6 Å². The van der Waals surface area contributed by atoms with Crippen molar-refractivity contribution in [2.75, 3.05) is 6.54 Å². The second-order valence-corrected chi connectivity index (χ2v) is 6.81. The van der Waals surface area contributed by atoms with E-state index < -0.39 is 0 Å². The van der Waals surface area contributed by atoms with Gasteiger partial charge in [0.05, 0.1) is 15.6 Å². The van der Waals surface area contributed by atoms with Crippen LogP contribution in [0.15, 0.2) is 65.3 Å². The van der Waals surface area contributed by atoms with E-state index in [1.54, 1.807) is 23.2 Å². The summed E-state index contributed by atoms with van der Waals surface area (Å²) in [5, 5.41) is 1.02. The number of carbonyl (C=O) groups is 1. The molecule has 25 heavy (non-hydrogen) atoms. The van der Waals surface area contributed by atoms with Crippen LogP contribution in [0.5, 0.6) is 0 Å². The first-order valence-corrected chi connectivity index (χ1v) is 8.85. The van der Waals surface area contributed by atoms with Gasteiger partial charge in [-0.25, -0.2) is 4.99 Å². The third-order valence-electron chi connectivity index (χ3n) is 3.64. The number of aliphatic imine (C=N–C) groups is 1. The molecule has 0 radical (unpaired) electrons. The molecule has 0 aliphatic carbocycles. The number of carbonyl (C=O) groups excluding carboxylic acids is 1. The molecule has 1 amide bonds. The standard InChI is InChI=1S/C19H16ClN3OS/c1-3-10-23-18(24)17(11-14-7-5-4-6-13(14)2)25-19(23)22-16-8-9-21-12-15(16)20/h3-9,11-12H,1,10H2,2H3/b17-11-,22-19?. The summed E-state index contributed by atoms with van der Waals surface area (Å²) in [5.74, 6) is -0.0860. The van der Waals surface area contributed by atoms with Crippen molar-refractivity contribution in [1.82, 2.24) is 9.88 Å². The molecule has 1 aliphatic rings. The van der Waals surface area contributed by atoms with Gasteiger partial charge in [-0.05, 0) is 42.0 Å². The van der Waals surface area contributed by atoms with Gasteiger partial charge in [0.25, 0.3) is 5.91 Å². The van der Waals surface area contributed by atoms with E-state index in [0.29, 0.717) is 27.3 Å². The number of pyridine rings is 1. The van der Waals surface area contributed by atoms with Gasteiger partial charge in [0.1, 0.15) is 0 Å². The summed E-state index contributed by atoms with van der Waals surface area (Å²) in [7, 11) is 0. The SMILES string of the molecule is C=CCN1C(=O)/C(=C/c2ccccc2C)SC1=Nc1ccncc1Cl. The van der Waals surface area contributed by atoms with Gasteiger partial charge < -0.3 is 0 Å². The van der Waals surface area contributed by atoms with Crippen molar-refractivity contribution in [2.24, 2.45) is 4.99 Å². The Morgan fingerprint density at radius 3 is 2.88 bits per heavy atom. The highest BCUT2D eigenvalue weighted by Crippen LogP contribution is 2.35. The number of hydrogen-bond acceptors (Lipinski definition) is 4. The number of rotatable bonds is 4. The van der Waals surface area contributed by atoms with E-state index in [2.05, 4.69) is 16.6 Å². The first-order valence-electron chi connectivity index (χ1n) is 7.66. The van der Waals surface area contributed by atoms with E-state index in [4.69, 9.17) is 11.6 Å². The minimum atomic E-state index is -0.0860. The number of benzene rings is 1. The van der Waals surface area contributed by atoms with Gasteiger partial charge in [0.15, 0.2) is 5.17 Å². The van der Waals surface area contributed by atoms with Crippen molar-refractivity contribution in [3.63, 3.8) is 0 Å². The summed E-state index contributed by atoms with van der Waals surface area (Å²) in [6, 6.07) is 9.65. The fourth-order valence-corrected chi connectivity index (χ4v) is 3.49. The monoisotopic (exact) mass is 369 g/mol. The van der Waals surface area contributed by atoms with E-state index in [1.807, 2.05) is 37.3 Å². The summed E-state index contributed by atoms with van der Waals surface area (Å²) >= 11 is 7.47. The second kappa shape index (κ2) is 7.68. The summed E-state index contributed by atoms with van der Waals surface area (Å²) in [4.78, 5) is 23.5. The average molecular weight is 370 g/mol. The number of thioether (sulfide) groups is 1. The molecule has 0 unspecified atom stereocenters. The third-order valence-corrected chi connectivity index (χ3v) is 4.94. The Labute approximate surface area is 155 Å². The molecule has 3 rings (SSSR count). The van der Waals surface area contributed by atoms with Crippen LogP contribution in [0.2, 0.25) is 5.02 Å². The third kappa shape index (κ3) is 3.83. The minimum absolute atomic E-state index is 0.0860. The zero-order valence-electron chi connectivity index (χ0n) is 13.6. The number of hydrogen-bond donors (Lipinski definition) is 0. The summed E-state index contributed by atoms with van der Waals surface area (Å²) in [6.07, 6.45) is 6.73. The minimum Gasteiger partial charge on any atom is -0.283 e. The Bertz CT molecular complexity index is 892. The van der Waals surface area contributed by atoms with Crippen molar-refractivity contribution in [2.45, 2.75) is 6.92 Å².